The van der Waals surface area contributed by atoms with E-state index in [1.807, 2.05) is 24.3 Å². The van der Waals surface area contributed by atoms with Gasteiger partial charge in [-0.1, -0.05) is 49.3 Å². The molecule has 5 heteroatoms. The van der Waals surface area contributed by atoms with Crippen molar-refractivity contribution in [3.63, 3.8) is 0 Å². The highest BCUT2D eigenvalue weighted by Gasteiger charge is 2.41. The third kappa shape index (κ3) is 2.98. The number of rotatable bonds is 2. The molecule has 2 aliphatic heterocycles. The molecule has 1 aliphatic carbocycles. The van der Waals surface area contributed by atoms with Crippen LogP contribution in [0.1, 0.15) is 51.0 Å². The van der Waals surface area contributed by atoms with E-state index in [1.54, 1.807) is 4.57 Å². The van der Waals surface area contributed by atoms with Crippen molar-refractivity contribution in [2.45, 2.75) is 69.1 Å². The molecule has 2 unspecified atom stereocenters. The zero-order chi connectivity index (χ0) is 19.1. The number of para-hydroxylation sites is 2. The number of H-pyrrole nitrogens is 1. The molecule has 1 aromatic heterocycles. The first kappa shape index (κ1) is 17.7. The van der Waals surface area contributed by atoms with E-state index in [2.05, 4.69) is 34.2 Å². The third-order valence-corrected chi connectivity index (χ3v) is 6.65. The zero-order valence-electron chi connectivity index (χ0n) is 16.1. The van der Waals surface area contributed by atoms with Crippen molar-refractivity contribution < 1.29 is 0 Å². The number of aromatic nitrogens is 2. The molecule has 3 heterocycles. The Morgan fingerprint density at radius 2 is 1.68 bits per heavy atom. The molecule has 5 rings (SSSR count). The fraction of sp³-hybridized carbons (Fsp3) is 0.478. The number of nitrogens with one attached hydrogen (secondary N) is 1. The van der Waals surface area contributed by atoms with Crippen molar-refractivity contribution >= 4 is 11.0 Å². The first-order chi connectivity index (χ1) is 13.7. The molecule has 0 saturated carbocycles. The summed E-state index contributed by atoms with van der Waals surface area (Å²) in [4.78, 5) is 30.4. The molecule has 2 aromatic rings. The molecule has 0 radical (unpaired) electrons. The van der Waals surface area contributed by atoms with Gasteiger partial charge in [0.2, 0.25) is 0 Å². The van der Waals surface area contributed by atoms with Gasteiger partial charge in [0.15, 0.2) is 0 Å². The number of hydrogen-bond acceptors (Lipinski definition) is 3. The summed E-state index contributed by atoms with van der Waals surface area (Å²) in [6.45, 7) is 0. The normalized spacial score (nSPS) is 30.4. The topological polar surface area (TPSA) is 58.1 Å². The fourth-order valence-corrected chi connectivity index (χ4v) is 5.40. The number of allylic oxidation sites excluding steroid dienone is 1. The van der Waals surface area contributed by atoms with Gasteiger partial charge in [-0.25, -0.2) is 0 Å². The van der Waals surface area contributed by atoms with E-state index in [0.717, 1.165) is 23.9 Å². The monoisotopic (exact) mass is 377 g/mol. The molecule has 1 saturated heterocycles. The lowest BCUT2D eigenvalue weighted by Crippen LogP contribution is -2.51. The number of benzene rings is 1. The lowest BCUT2D eigenvalue weighted by molar-refractivity contribution is 0.0880. The highest BCUT2D eigenvalue weighted by molar-refractivity contribution is 5.74. The quantitative estimate of drug-likeness (QED) is 0.643. The predicted octanol–water partition coefficient (Wildman–Crippen LogP) is 3.52. The highest BCUT2D eigenvalue weighted by atomic mass is 16.2. The Balaban J connectivity index is 1.48. The molecule has 0 amide bonds. The van der Waals surface area contributed by atoms with E-state index >= 15 is 0 Å². The molecule has 28 heavy (non-hydrogen) atoms. The van der Waals surface area contributed by atoms with E-state index in [4.69, 9.17) is 0 Å². The maximum atomic E-state index is 12.8. The fourth-order valence-electron chi connectivity index (χ4n) is 5.40. The van der Waals surface area contributed by atoms with Crippen LogP contribution in [0.25, 0.3) is 11.0 Å². The van der Waals surface area contributed by atoms with Crippen LogP contribution in [0.4, 0.5) is 0 Å². The summed E-state index contributed by atoms with van der Waals surface area (Å²) in [7, 11) is 0. The lowest BCUT2D eigenvalue weighted by Gasteiger charge is -2.43. The molecule has 4 atom stereocenters. The number of piperidine rings is 1. The van der Waals surface area contributed by atoms with Crippen LogP contribution in [-0.4, -0.2) is 32.6 Å². The van der Waals surface area contributed by atoms with Gasteiger partial charge in [-0.15, -0.1) is 0 Å². The van der Waals surface area contributed by atoms with Crippen LogP contribution in [0.2, 0.25) is 0 Å². The van der Waals surface area contributed by atoms with Gasteiger partial charge in [0, 0.05) is 24.2 Å². The van der Waals surface area contributed by atoms with Gasteiger partial charge in [0.1, 0.15) is 0 Å². The second-order valence-electron chi connectivity index (χ2n) is 8.37. The summed E-state index contributed by atoms with van der Waals surface area (Å²) >= 11 is 0. The molecular weight excluding hydrogens is 350 g/mol. The van der Waals surface area contributed by atoms with Crippen LogP contribution in [0.3, 0.4) is 0 Å². The van der Waals surface area contributed by atoms with Crippen LogP contribution in [0.15, 0.2) is 58.2 Å². The SMILES string of the molecule is O=c1[nH]c2ccccc2n(C2C[C@H]3C=C[C@@H](C2)N3C2C=CCCCCC2)c1=O. The molecule has 1 N–H and O–H groups in total. The van der Waals surface area contributed by atoms with Crippen molar-refractivity contribution in [1.29, 1.82) is 0 Å². The van der Waals surface area contributed by atoms with Crippen LogP contribution < -0.4 is 11.1 Å². The molecule has 1 aromatic carbocycles. The smallest absolute Gasteiger partial charge is 0.316 e. The van der Waals surface area contributed by atoms with Gasteiger partial charge in [-0.2, -0.15) is 0 Å². The van der Waals surface area contributed by atoms with Gasteiger partial charge < -0.3 is 4.98 Å². The van der Waals surface area contributed by atoms with E-state index in [1.165, 1.54) is 32.1 Å². The van der Waals surface area contributed by atoms with E-state index < -0.39 is 11.1 Å². The standard InChI is InChI=1S/C23H27N3O2/c27-22-23(28)26(21-11-7-6-10-20(21)24-22)19-14-17-12-13-18(15-19)25(17)16-8-4-2-1-3-5-9-16/h4,6-8,10-13,16-19H,1-3,5,9,14-15H2,(H,24,27)/t16?,17-,18+,19?. The molecular formula is C23H27N3O2. The van der Waals surface area contributed by atoms with Gasteiger partial charge in [0.05, 0.1) is 11.0 Å². The maximum absolute atomic E-state index is 12.8. The number of hydrogen-bond donors (Lipinski definition) is 1. The molecule has 5 nitrogen and oxygen atoms in total. The van der Waals surface area contributed by atoms with Gasteiger partial charge in [-0.05, 0) is 44.2 Å². The van der Waals surface area contributed by atoms with Crippen LogP contribution in [-0.2, 0) is 0 Å². The first-order valence-corrected chi connectivity index (χ1v) is 10.6. The van der Waals surface area contributed by atoms with Crippen LogP contribution in [0, 0.1) is 0 Å². The van der Waals surface area contributed by atoms with Crippen molar-refractivity contribution in [2.24, 2.45) is 0 Å². The molecule has 1 fully saturated rings. The van der Waals surface area contributed by atoms with E-state index in [0.29, 0.717) is 18.1 Å². The summed E-state index contributed by atoms with van der Waals surface area (Å²) in [6, 6.07) is 8.84. The average Bonchev–Trinajstić information content (AvgIpc) is 2.92. The predicted molar refractivity (Wildman–Crippen MR) is 112 cm³/mol. The Morgan fingerprint density at radius 1 is 0.893 bits per heavy atom. The van der Waals surface area contributed by atoms with Crippen molar-refractivity contribution in [3.05, 3.63) is 69.3 Å². The Hall–Kier alpha value is -2.40. The van der Waals surface area contributed by atoms with Crippen molar-refractivity contribution in [1.82, 2.24) is 14.5 Å². The van der Waals surface area contributed by atoms with Crippen LogP contribution >= 0.6 is 0 Å². The maximum Gasteiger partial charge on any atom is 0.316 e. The summed E-state index contributed by atoms with van der Waals surface area (Å²) in [5, 5.41) is 0. The molecule has 146 valence electrons. The minimum Gasteiger partial charge on any atom is -0.316 e. The van der Waals surface area contributed by atoms with E-state index in [9.17, 15) is 9.59 Å². The van der Waals surface area contributed by atoms with Crippen LogP contribution in [0.5, 0.6) is 0 Å². The van der Waals surface area contributed by atoms with Gasteiger partial charge >= 0.3 is 11.1 Å². The largest absolute Gasteiger partial charge is 0.316 e. The molecule has 2 bridgehead atoms. The van der Waals surface area contributed by atoms with Gasteiger partial charge in [0.25, 0.3) is 0 Å². The Morgan fingerprint density at radius 3 is 2.50 bits per heavy atom. The number of fused-ring (bicyclic) bond motifs is 3. The second kappa shape index (κ2) is 7.21. The third-order valence-electron chi connectivity index (χ3n) is 6.65. The summed E-state index contributed by atoms with van der Waals surface area (Å²) in [5.74, 6) is 0. The zero-order valence-corrected chi connectivity index (χ0v) is 16.1. The average molecular weight is 377 g/mol. The summed E-state index contributed by atoms with van der Waals surface area (Å²) in [6.07, 6.45) is 17.4. The Kier molecular flexibility index (Phi) is 4.55. The van der Waals surface area contributed by atoms with Crippen molar-refractivity contribution in [2.75, 3.05) is 0 Å². The number of nitrogens with zero attached hydrogens (tertiary/aromatic N) is 2. The first-order valence-electron chi connectivity index (χ1n) is 10.6. The van der Waals surface area contributed by atoms with E-state index in [-0.39, 0.29) is 6.04 Å². The summed E-state index contributed by atoms with van der Waals surface area (Å²) < 4.78 is 1.76. The van der Waals surface area contributed by atoms with Crippen molar-refractivity contribution in [3.8, 4) is 0 Å². The molecule has 0 spiro atoms. The second-order valence-corrected chi connectivity index (χ2v) is 8.37. The highest BCUT2D eigenvalue weighted by Crippen LogP contribution is 2.39. The summed E-state index contributed by atoms with van der Waals surface area (Å²) in [5.41, 5.74) is 0.611. The Labute approximate surface area is 164 Å². The van der Waals surface area contributed by atoms with Gasteiger partial charge in [-0.3, -0.25) is 19.1 Å². The Bertz CT molecular complexity index is 1030. The number of aromatic amines is 1. The minimum atomic E-state index is -0.524. The molecule has 3 aliphatic rings. The lowest BCUT2D eigenvalue weighted by atomic mass is 9.91. The minimum absolute atomic E-state index is 0.0542.